The van der Waals surface area contributed by atoms with Gasteiger partial charge in [-0.2, -0.15) is 0 Å². The zero-order chi connectivity index (χ0) is 12.7. The summed E-state index contributed by atoms with van der Waals surface area (Å²) in [6.45, 7) is 6.26. The van der Waals surface area contributed by atoms with Crippen LogP contribution in [0, 0.1) is 0 Å². The van der Waals surface area contributed by atoms with E-state index in [9.17, 15) is 4.79 Å². The van der Waals surface area contributed by atoms with Crippen molar-refractivity contribution in [1.29, 1.82) is 0 Å². The van der Waals surface area contributed by atoms with Gasteiger partial charge in [0, 0.05) is 5.56 Å². The van der Waals surface area contributed by atoms with E-state index in [1.807, 2.05) is 12.1 Å². The Morgan fingerprint density at radius 3 is 2.47 bits per heavy atom. The highest BCUT2D eigenvalue weighted by Gasteiger charge is 2.02. The van der Waals surface area contributed by atoms with Crippen LogP contribution in [-0.2, 0) is 0 Å². The number of carbonyl (C=O) groups is 1. The second-order valence-corrected chi connectivity index (χ2v) is 4.47. The summed E-state index contributed by atoms with van der Waals surface area (Å²) in [5, 5.41) is 0. The van der Waals surface area contributed by atoms with Gasteiger partial charge in [0.15, 0.2) is 0 Å². The van der Waals surface area contributed by atoms with Gasteiger partial charge in [0.1, 0.15) is 12.0 Å². The molecular formula is C15H20O2. The molecule has 0 aromatic heterocycles. The molecule has 1 aromatic rings. The molecule has 0 fully saturated rings. The van der Waals surface area contributed by atoms with E-state index < -0.39 is 0 Å². The van der Waals surface area contributed by atoms with Crippen LogP contribution in [0.2, 0.25) is 0 Å². The first-order valence-corrected chi connectivity index (χ1v) is 5.97. The molecule has 1 rings (SSSR count). The normalized spacial score (nSPS) is 11.7. The van der Waals surface area contributed by atoms with Crippen LogP contribution in [0.3, 0.4) is 0 Å². The molecule has 0 aliphatic heterocycles. The van der Waals surface area contributed by atoms with E-state index in [-0.39, 0.29) is 6.10 Å². The summed E-state index contributed by atoms with van der Waals surface area (Å²) in [5.74, 6) is 0.820. The highest BCUT2D eigenvalue weighted by Crippen LogP contribution is 2.15. The Morgan fingerprint density at radius 2 is 1.94 bits per heavy atom. The lowest BCUT2D eigenvalue weighted by molar-refractivity contribution is 0.112. The van der Waals surface area contributed by atoms with Gasteiger partial charge >= 0.3 is 0 Å². The van der Waals surface area contributed by atoms with Crippen molar-refractivity contribution in [1.82, 2.24) is 0 Å². The molecule has 1 aromatic carbocycles. The lowest BCUT2D eigenvalue weighted by Crippen LogP contribution is -2.11. The fraction of sp³-hybridized carbons (Fsp3) is 0.400. The smallest absolute Gasteiger partial charge is 0.150 e. The van der Waals surface area contributed by atoms with Gasteiger partial charge in [0.2, 0.25) is 0 Å². The van der Waals surface area contributed by atoms with E-state index in [0.29, 0.717) is 5.56 Å². The molecule has 0 heterocycles. The van der Waals surface area contributed by atoms with Gasteiger partial charge in [0.05, 0.1) is 6.10 Å². The van der Waals surface area contributed by atoms with Crippen LogP contribution >= 0.6 is 0 Å². The minimum atomic E-state index is 0.188. The van der Waals surface area contributed by atoms with E-state index in [1.165, 1.54) is 5.57 Å². The molecule has 0 bridgehead atoms. The minimum absolute atomic E-state index is 0.188. The van der Waals surface area contributed by atoms with Crippen LogP contribution in [-0.4, -0.2) is 12.4 Å². The van der Waals surface area contributed by atoms with Crippen molar-refractivity contribution in [2.45, 2.75) is 39.7 Å². The highest BCUT2D eigenvalue weighted by atomic mass is 16.5. The van der Waals surface area contributed by atoms with Crippen molar-refractivity contribution in [2.24, 2.45) is 0 Å². The van der Waals surface area contributed by atoms with Crippen LogP contribution in [0.25, 0.3) is 0 Å². The fourth-order valence-corrected chi connectivity index (χ4v) is 1.52. The Kier molecular flexibility index (Phi) is 5.47. The molecule has 0 spiro atoms. The number of carbonyl (C=O) groups excluding carboxylic acids is 1. The van der Waals surface area contributed by atoms with Gasteiger partial charge in [-0.25, -0.2) is 0 Å². The van der Waals surface area contributed by atoms with E-state index in [1.54, 1.807) is 12.1 Å². The maximum absolute atomic E-state index is 10.5. The first-order chi connectivity index (χ1) is 8.11. The van der Waals surface area contributed by atoms with E-state index in [0.717, 1.165) is 24.9 Å². The van der Waals surface area contributed by atoms with Crippen LogP contribution in [0.4, 0.5) is 0 Å². The fourth-order valence-electron chi connectivity index (χ4n) is 1.52. The van der Waals surface area contributed by atoms with Gasteiger partial charge in [-0.05, 0) is 57.9 Å². The maximum Gasteiger partial charge on any atom is 0.150 e. The largest absolute Gasteiger partial charge is 0.491 e. The average molecular weight is 232 g/mol. The Bertz CT molecular complexity index is 372. The summed E-state index contributed by atoms with van der Waals surface area (Å²) in [5.41, 5.74) is 2.02. The Labute approximate surface area is 103 Å². The summed E-state index contributed by atoms with van der Waals surface area (Å²) in [7, 11) is 0. The van der Waals surface area contributed by atoms with Gasteiger partial charge in [-0.1, -0.05) is 11.6 Å². The number of ether oxygens (including phenoxy) is 1. The predicted octanol–water partition coefficient (Wildman–Crippen LogP) is 4.01. The minimum Gasteiger partial charge on any atom is -0.491 e. The first kappa shape index (κ1) is 13.5. The molecule has 92 valence electrons. The van der Waals surface area contributed by atoms with Gasteiger partial charge in [0.25, 0.3) is 0 Å². The second-order valence-electron chi connectivity index (χ2n) is 4.47. The second kappa shape index (κ2) is 6.89. The molecule has 0 aliphatic carbocycles. The Hall–Kier alpha value is -1.57. The van der Waals surface area contributed by atoms with Crippen molar-refractivity contribution in [3.05, 3.63) is 41.5 Å². The molecule has 0 saturated carbocycles. The summed E-state index contributed by atoms with van der Waals surface area (Å²) >= 11 is 0. The zero-order valence-electron chi connectivity index (χ0n) is 10.8. The summed E-state index contributed by atoms with van der Waals surface area (Å²) in [4.78, 5) is 10.5. The third-order valence-corrected chi connectivity index (χ3v) is 2.48. The van der Waals surface area contributed by atoms with Crippen LogP contribution in [0.1, 0.15) is 44.0 Å². The summed E-state index contributed by atoms with van der Waals surface area (Å²) in [6, 6.07) is 7.21. The van der Waals surface area contributed by atoms with E-state index in [4.69, 9.17) is 4.74 Å². The molecular weight excluding hydrogens is 212 g/mol. The van der Waals surface area contributed by atoms with Gasteiger partial charge < -0.3 is 4.74 Å². The monoisotopic (exact) mass is 232 g/mol. The van der Waals surface area contributed by atoms with Crippen molar-refractivity contribution in [3.63, 3.8) is 0 Å². The third kappa shape index (κ3) is 5.34. The number of benzene rings is 1. The average Bonchev–Trinajstić information content (AvgIpc) is 2.29. The Morgan fingerprint density at radius 1 is 1.29 bits per heavy atom. The molecule has 1 unspecified atom stereocenters. The van der Waals surface area contributed by atoms with E-state index in [2.05, 4.69) is 26.8 Å². The summed E-state index contributed by atoms with van der Waals surface area (Å²) < 4.78 is 5.75. The number of hydrogen-bond acceptors (Lipinski definition) is 2. The van der Waals surface area contributed by atoms with Crippen LogP contribution < -0.4 is 4.74 Å². The molecule has 0 radical (unpaired) electrons. The van der Waals surface area contributed by atoms with Crippen molar-refractivity contribution in [2.75, 3.05) is 0 Å². The SMILES string of the molecule is CC(C)=CCCC(C)Oc1ccc(C=O)cc1. The molecule has 17 heavy (non-hydrogen) atoms. The van der Waals surface area contributed by atoms with Crippen LogP contribution in [0.15, 0.2) is 35.9 Å². The quantitative estimate of drug-likeness (QED) is 0.547. The molecule has 1 atom stereocenters. The number of rotatable bonds is 6. The zero-order valence-corrected chi connectivity index (χ0v) is 10.8. The first-order valence-electron chi connectivity index (χ1n) is 5.97. The molecule has 0 saturated heterocycles. The lowest BCUT2D eigenvalue weighted by atomic mass is 10.1. The Balaban J connectivity index is 2.41. The maximum atomic E-state index is 10.5. The number of aldehydes is 1. The van der Waals surface area contributed by atoms with Crippen molar-refractivity contribution < 1.29 is 9.53 Å². The standard InChI is InChI=1S/C15H20O2/c1-12(2)5-4-6-13(3)17-15-9-7-14(11-16)8-10-15/h5,7-11,13H,4,6H2,1-3H3. The summed E-state index contributed by atoms with van der Waals surface area (Å²) in [6.07, 6.45) is 5.28. The lowest BCUT2D eigenvalue weighted by Gasteiger charge is -2.13. The third-order valence-electron chi connectivity index (χ3n) is 2.48. The van der Waals surface area contributed by atoms with Gasteiger partial charge in [-0.15, -0.1) is 0 Å². The van der Waals surface area contributed by atoms with Crippen molar-refractivity contribution in [3.8, 4) is 5.75 Å². The van der Waals surface area contributed by atoms with Crippen LogP contribution in [0.5, 0.6) is 5.75 Å². The molecule has 2 nitrogen and oxygen atoms in total. The molecule has 2 heteroatoms. The molecule has 0 N–H and O–H groups in total. The molecule has 0 amide bonds. The predicted molar refractivity (Wildman–Crippen MR) is 70.6 cm³/mol. The van der Waals surface area contributed by atoms with Gasteiger partial charge in [-0.3, -0.25) is 4.79 Å². The van der Waals surface area contributed by atoms with E-state index >= 15 is 0 Å². The number of hydrogen-bond donors (Lipinski definition) is 0. The van der Waals surface area contributed by atoms with Crippen molar-refractivity contribution >= 4 is 6.29 Å². The molecule has 0 aliphatic rings. The topological polar surface area (TPSA) is 26.3 Å². The number of allylic oxidation sites excluding steroid dienone is 2. The highest BCUT2D eigenvalue weighted by molar-refractivity contribution is 5.74.